The van der Waals surface area contributed by atoms with Gasteiger partial charge in [0.2, 0.25) is 10.0 Å². The average molecular weight is 358 g/mol. The van der Waals surface area contributed by atoms with Crippen molar-refractivity contribution in [1.29, 1.82) is 0 Å². The average Bonchev–Trinajstić information content (AvgIpc) is 2.55. The van der Waals surface area contributed by atoms with Gasteiger partial charge in [-0.3, -0.25) is 9.59 Å². The number of benzene rings is 1. The fourth-order valence-corrected chi connectivity index (χ4v) is 3.97. The second kappa shape index (κ2) is 7.27. The summed E-state index contributed by atoms with van der Waals surface area (Å²) >= 11 is 0. The Morgan fingerprint density at radius 3 is 2.46 bits per heavy atom. The number of hydrogen-bond donors (Lipinski definition) is 2. The number of carbonyl (C=O) groups excluding carboxylic acids is 1. The molecular weight excluding hydrogens is 339 g/mol. The Bertz CT molecular complexity index is 744. The van der Waals surface area contributed by atoms with Gasteiger partial charge in [0.15, 0.2) is 0 Å². The molecule has 1 aliphatic rings. The molecular formula is C15H19FN2O5S. The topological polar surface area (TPSA) is 104 Å². The van der Waals surface area contributed by atoms with Crippen LogP contribution in [0.3, 0.4) is 0 Å². The first-order valence-electron chi connectivity index (χ1n) is 7.57. The maximum absolute atomic E-state index is 13.9. The summed E-state index contributed by atoms with van der Waals surface area (Å²) in [5.41, 5.74) is -0.499. The molecule has 2 rings (SSSR count). The Morgan fingerprint density at radius 1 is 1.25 bits per heavy atom. The number of rotatable bonds is 5. The number of carboxylic acids is 1. The Morgan fingerprint density at radius 2 is 1.88 bits per heavy atom. The number of hydrogen-bond acceptors (Lipinski definition) is 4. The molecule has 7 nitrogen and oxygen atoms in total. The highest BCUT2D eigenvalue weighted by Crippen LogP contribution is 2.22. The Hall–Kier alpha value is -2.00. The summed E-state index contributed by atoms with van der Waals surface area (Å²) in [6, 6.07) is 1.73. The lowest BCUT2D eigenvalue weighted by Crippen LogP contribution is -2.39. The fourth-order valence-electron chi connectivity index (χ4n) is 2.43. The number of halogens is 1. The number of nitrogens with zero attached hydrogens (tertiary/aromatic N) is 1. The highest BCUT2D eigenvalue weighted by atomic mass is 32.2. The van der Waals surface area contributed by atoms with Crippen molar-refractivity contribution in [1.82, 2.24) is 9.62 Å². The van der Waals surface area contributed by atoms with E-state index < -0.39 is 39.3 Å². The summed E-state index contributed by atoms with van der Waals surface area (Å²) < 4.78 is 40.4. The number of aliphatic carboxylic acids is 1. The lowest BCUT2D eigenvalue weighted by atomic mass is 10.2. The Labute approximate surface area is 139 Å². The van der Waals surface area contributed by atoms with Gasteiger partial charge in [0, 0.05) is 13.1 Å². The molecule has 0 saturated carbocycles. The van der Waals surface area contributed by atoms with Crippen molar-refractivity contribution in [3.63, 3.8) is 0 Å². The van der Waals surface area contributed by atoms with Gasteiger partial charge in [0.25, 0.3) is 5.91 Å². The van der Waals surface area contributed by atoms with Gasteiger partial charge in [-0.2, -0.15) is 4.31 Å². The van der Waals surface area contributed by atoms with E-state index in [-0.39, 0.29) is 4.90 Å². The van der Waals surface area contributed by atoms with Crippen LogP contribution in [-0.4, -0.2) is 48.8 Å². The zero-order valence-corrected chi connectivity index (χ0v) is 14.0. The van der Waals surface area contributed by atoms with E-state index in [0.717, 1.165) is 37.5 Å². The Balaban J connectivity index is 2.31. The third-order valence-corrected chi connectivity index (χ3v) is 5.75. The number of sulfonamides is 1. The van der Waals surface area contributed by atoms with E-state index in [0.29, 0.717) is 13.1 Å². The van der Waals surface area contributed by atoms with Crippen molar-refractivity contribution in [3.8, 4) is 0 Å². The predicted octanol–water partition coefficient (Wildman–Crippen LogP) is 1.20. The van der Waals surface area contributed by atoms with Gasteiger partial charge in [0.1, 0.15) is 11.9 Å². The smallest absolute Gasteiger partial charge is 0.325 e. The lowest BCUT2D eigenvalue weighted by molar-refractivity contribution is -0.138. The Kier molecular flexibility index (Phi) is 5.55. The quantitative estimate of drug-likeness (QED) is 0.823. The molecule has 1 aromatic rings. The number of piperidine rings is 1. The van der Waals surface area contributed by atoms with E-state index >= 15 is 0 Å². The summed E-state index contributed by atoms with van der Waals surface area (Å²) in [5.74, 6) is -3.17. The van der Waals surface area contributed by atoms with Crippen LogP contribution in [0.4, 0.5) is 4.39 Å². The molecule has 24 heavy (non-hydrogen) atoms. The van der Waals surface area contributed by atoms with E-state index in [1.54, 1.807) is 0 Å². The molecule has 0 radical (unpaired) electrons. The molecule has 1 fully saturated rings. The number of nitrogens with one attached hydrogen (secondary N) is 1. The van der Waals surface area contributed by atoms with E-state index in [1.165, 1.54) is 11.2 Å². The van der Waals surface area contributed by atoms with Crippen LogP contribution in [0.5, 0.6) is 0 Å². The molecule has 0 aliphatic carbocycles. The maximum Gasteiger partial charge on any atom is 0.325 e. The van der Waals surface area contributed by atoms with Gasteiger partial charge in [-0.15, -0.1) is 0 Å². The van der Waals surface area contributed by atoms with Crippen LogP contribution >= 0.6 is 0 Å². The summed E-state index contributed by atoms with van der Waals surface area (Å²) in [5, 5.41) is 10.9. The van der Waals surface area contributed by atoms with E-state index in [1.807, 2.05) is 0 Å². The molecule has 0 aromatic heterocycles. The van der Waals surface area contributed by atoms with Crippen molar-refractivity contribution < 1.29 is 27.5 Å². The first-order chi connectivity index (χ1) is 11.2. The van der Waals surface area contributed by atoms with Gasteiger partial charge in [0.05, 0.1) is 10.5 Å². The van der Waals surface area contributed by atoms with E-state index in [9.17, 15) is 22.4 Å². The van der Waals surface area contributed by atoms with Crippen molar-refractivity contribution in [2.45, 2.75) is 37.1 Å². The molecule has 0 spiro atoms. The van der Waals surface area contributed by atoms with Crippen molar-refractivity contribution in [2.75, 3.05) is 13.1 Å². The molecule has 9 heteroatoms. The van der Waals surface area contributed by atoms with Crippen LogP contribution in [0.25, 0.3) is 0 Å². The first kappa shape index (κ1) is 18.3. The zero-order chi connectivity index (χ0) is 17.9. The molecule has 1 saturated heterocycles. The monoisotopic (exact) mass is 358 g/mol. The van der Waals surface area contributed by atoms with Crippen LogP contribution in [0.2, 0.25) is 0 Å². The minimum absolute atomic E-state index is 0.182. The lowest BCUT2D eigenvalue weighted by Gasteiger charge is -2.26. The second-order valence-electron chi connectivity index (χ2n) is 5.64. The standard InChI is InChI=1S/C15H19FN2O5S/c1-10(15(20)21)17-14(19)12-9-11(5-6-13(12)16)24(22,23)18-7-3-2-4-8-18/h5-6,9-10H,2-4,7-8H2,1H3,(H,17,19)(H,20,21). The maximum atomic E-state index is 13.9. The van der Waals surface area contributed by atoms with E-state index in [4.69, 9.17) is 5.11 Å². The normalized spacial score (nSPS) is 17.2. The van der Waals surface area contributed by atoms with Crippen LogP contribution < -0.4 is 5.32 Å². The van der Waals surface area contributed by atoms with Gasteiger partial charge in [-0.1, -0.05) is 6.42 Å². The molecule has 1 atom stereocenters. The molecule has 2 N–H and O–H groups in total. The number of carbonyl (C=O) groups is 2. The van der Waals surface area contributed by atoms with Crippen molar-refractivity contribution >= 4 is 21.9 Å². The van der Waals surface area contributed by atoms with E-state index in [2.05, 4.69) is 5.32 Å². The van der Waals surface area contributed by atoms with Gasteiger partial charge in [-0.05, 0) is 38.0 Å². The number of amides is 1. The van der Waals surface area contributed by atoms with Crippen LogP contribution in [0.1, 0.15) is 36.5 Å². The molecule has 132 valence electrons. The number of carboxylic acid groups (broad SMARTS) is 1. The third-order valence-electron chi connectivity index (χ3n) is 3.85. The summed E-state index contributed by atoms with van der Waals surface area (Å²) in [4.78, 5) is 22.6. The van der Waals surface area contributed by atoms with Crippen LogP contribution in [-0.2, 0) is 14.8 Å². The summed E-state index contributed by atoms with van der Waals surface area (Å²) in [7, 11) is -3.81. The van der Waals surface area contributed by atoms with Gasteiger partial charge >= 0.3 is 5.97 Å². The van der Waals surface area contributed by atoms with Crippen molar-refractivity contribution in [2.24, 2.45) is 0 Å². The van der Waals surface area contributed by atoms with Crippen molar-refractivity contribution in [3.05, 3.63) is 29.6 Å². The molecule has 1 unspecified atom stereocenters. The summed E-state index contributed by atoms with van der Waals surface area (Å²) in [6.45, 7) is 2.00. The SMILES string of the molecule is CC(NC(=O)c1cc(S(=O)(=O)N2CCCCC2)ccc1F)C(=O)O. The first-order valence-corrected chi connectivity index (χ1v) is 9.01. The largest absolute Gasteiger partial charge is 0.480 e. The van der Waals surface area contributed by atoms with Gasteiger partial charge in [-0.25, -0.2) is 12.8 Å². The molecule has 1 aliphatic heterocycles. The van der Waals surface area contributed by atoms with Crippen LogP contribution in [0.15, 0.2) is 23.1 Å². The predicted molar refractivity (Wildman–Crippen MR) is 83.6 cm³/mol. The zero-order valence-electron chi connectivity index (χ0n) is 13.2. The molecule has 1 amide bonds. The second-order valence-corrected chi connectivity index (χ2v) is 7.58. The third kappa shape index (κ3) is 3.90. The van der Waals surface area contributed by atoms with Gasteiger partial charge < -0.3 is 10.4 Å². The summed E-state index contributed by atoms with van der Waals surface area (Å²) in [6.07, 6.45) is 2.46. The highest BCUT2D eigenvalue weighted by molar-refractivity contribution is 7.89. The molecule has 1 aromatic carbocycles. The highest BCUT2D eigenvalue weighted by Gasteiger charge is 2.28. The van der Waals surface area contributed by atoms with Crippen LogP contribution in [0, 0.1) is 5.82 Å². The molecule has 1 heterocycles. The minimum atomic E-state index is -3.81. The fraction of sp³-hybridized carbons (Fsp3) is 0.467. The minimum Gasteiger partial charge on any atom is -0.480 e. The molecule has 0 bridgehead atoms.